The molecule has 1 amide bonds. The van der Waals surface area contributed by atoms with Crippen LogP contribution in [0.2, 0.25) is 0 Å². The summed E-state index contributed by atoms with van der Waals surface area (Å²) in [4.78, 5) is 14.0. The molecule has 0 heterocycles. The van der Waals surface area contributed by atoms with Gasteiger partial charge in [0.15, 0.2) is 11.5 Å². The summed E-state index contributed by atoms with van der Waals surface area (Å²) in [6, 6.07) is 13.7. The number of amides is 1. The van der Waals surface area contributed by atoms with Gasteiger partial charge in [0.1, 0.15) is 0 Å². The third kappa shape index (κ3) is 5.11. The number of methoxy groups -OCH3 is 1. The molecule has 0 bridgehead atoms. The Morgan fingerprint density at radius 2 is 1.92 bits per heavy atom. The van der Waals surface area contributed by atoms with E-state index in [1.54, 1.807) is 31.2 Å². The molecule has 2 aromatic carbocycles. The van der Waals surface area contributed by atoms with Crippen LogP contribution in [0.25, 0.3) is 6.08 Å². The molecule has 2 rings (SSSR count). The number of hydrogen-bond acceptors (Lipinski definition) is 3. The third-order valence-corrected chi connectivity index (χ3v) is 3.95. The summed E-state index contributed by atoms with van der Waals surface area (Å²) in [5.74, 6) is 1.31. The van der Waals surface area contributed by atoms with Gasteiger partial charge in [0.2, 0.25) is 5.91 Å². The first-order chi connectivity index (χ1) is 12.0. The largest absolute Gasteiger partial charge is 0.493 e. The molecule has 0 aromatic heterocycles. The quantitative estimate of drug-likeness (QED) is 0.714. The molecule has 0 spiro atoms. The van der Waals surface area contributed by atoms with Gasteiger partial charge < -0.3 is 14.4 Å². The predicted octanol–water partition coefficient (Wildman–Crippen LogP) is 4.07. The van der Waals surface area contributed by atoms with Crippen LogP contribution in [-0.2, 0) is 11.3 Å². The van der Waals surface area contributed by atoms with E-state index >= 15 is 0 Å². The molecule has 0 saturated carbocycles. The fourth-order valence-corrected chi connectivity index (χ4v) is 2.48. The van der Waals surface area contributed by atoms with Crippen molar-refractivity contribution in [3.8, 4) is 11.5 Å². The van der Waals surface area contributed by atoms with Gasteiger partial charge in [-0.25, -0.2) is 0 Å². The first-order valence-corrected chi connectivity index (χ1v) is 8.33. The van der Waals surface area contributed by atoms with Crippen molar-refractivity contribution in [1.82, 2.24) is 4.90 Å². The summed E-state index contributed by atoms with van der Waals surface area (Å²) >= 11 is 0. The zero-order valence-corrected chi connectivity index (χ0v) is 15.3. The van der Waals surface area contributed by atoms with Crippen molar-refractivity contribution < 1.29 is 14.3 Å². The number of aryl methyl sites for hydroxylation is 1. The average Bonchev–Trinajstić information content (AvgIpc) is 2.62. The van der Waals surface area contributed by atoms with Gasteiger partial charge in [-0.2, -0.15) is 0 Å². The molecule has 0 N–H and O–H groups in total. The number of rotatable bonds is 7. The molecular formula is C21H25NO3. The highest BCUT2D eigenvalue weighted by atomic mass is 16.5. The van der Waals surface area contributed by atoms with Gasteiger partial charge in [-0.3, -0.25) is 4.79 Å². The van der Waals surface area contributed by atoms with Gasteiger partial charge >= 0.3 is 0 Å². The first-order valence-electron chi connectivity index (χ1n) is 8.33. The highest BCUT2D eigenvalue weighted by Gasteiger charge is 2.08. The lowest BCUT2D eigenvalue weighted by Gasteiger charge is -2.16. The fourth-order valence-electron chi connectivity index (χ4n) is 2.48. The van der Waals surface area contributed by atoms with Gasteiger partial charge in [0.05, 0.1) is 13.7 Å². The average molecular weight is 339 g/mol. The standard InChI is InChI=1S/C21H25NO3/c1-5-25-19-12-10-17(14-20(19)24-4)11-13-21(23)22(3)15-18-9-7-6-8-16(18)2/h6-14H,5,15H2,1-4H3/b13-11+. The second-order valence-electron chi connectivity index (χ2n) is 5.80. The molecular weight excluding hydrogens is 314 g/mol. The van der Waals surface area contributed by atoms with Crippen molar-refractivity contribution in [2.75, 3.05) is 20.8 Å². The smallest absolute Gasteiger partial charge is 0.246 e. The Labute approximate surface area is 149 Å². The number of benzene rings is 2. The number of nitrogens with zero attached hydrogens (tertiary/aromatic N) is 1. The van der Waals surface area contributed by atoms with Crippen LogP contribution in [0.5, 0.6) is 11.5 Å². The lowest BCUT2D eigenvalue weighted by atomic mass is 10.1. The van der Waals surface area contributed by atoms with Crippen molar-refractivity contribution in [2.24, 2.45) is 0 Å². The molecule has 2 aromatic rings. The van der Waals surface area contributed by atoms with Gasteiger partial charge in [-0.05, 0) is 48.7 Å². The first kappa shape index (κ1) is 18.6. The van der Waals surface area contributed by atoms with Crippen LogP contribution in [0.1, 0.15) is 23.6 Å². The number of ether oxygens (including phenoxy) is 2. The second kappa shape index (κ2) is 8.92. The van der Waals surface area contributed by atoms with Crippen LogP contribution in [0, 0.1) is 6.92 Å². The molecule has 4 nitrogen and oxygen atoms in total. The summed E-state index contributed by atoms with van der Waals surface area (Å²) in [5.41, 5.74) is 3.22. The van der Waals surface area contributed by atoms with E-state index in [1.165, 1.54) is 5.56 Å². The van der Waals surface area contributed by atoms with Gasteiger partial charge in [-0.15, -0.1) is 0 Å². The van der Waals surface area contributed by atoms with Crippen LogP contribution >= 0.6 is 0 Å². The van der Waals surface area contributed by atoms with E-state index < -0.39 is 0 Å². The van der Waals surface area contributed by atoms with Crippen LogP contribution in [0.15, 0.2) is 48.5 Å². The molecule has 132 valence electrons. The number of likely N-dealkylation sites (N-methyl/N-ethyl adjacent to an activating group) is 1. The summed E-state index contributed by atoms with van der Waals surface area (Å²) < 4.78 is 10.8. The van der Waals surface area contributed by atoms with Gasteiger partial charge in [0, 0.05) is 19.7 Å². The van der Waals surface area contributed by atoms with Crippen molar-refractivity contribution in [2.45, 2.75) is 20.4 Å². The van der Waals surface area contributed by atoms with E-state index in [9.17, 15) is 4.79 Å². The molecule has 0 unspecified atom stereocenters. The van der Waals surface area contributed by atoms with Gasteiger partial charge in [0.25, 0.3) is 0 Å². The highest BCUT2D eigenvalue weighted by molar-refractivity contribution is 5.91. The van der Waals surface area contributed by atoms with Crippen molar-refractivity contribution in [3.63, 3.8) is 0 Å². The maximum atomic E-state index is 12.3. The molecule has 4 heteroatoms. The van der Waals surface area contributed by atoms with Gasteiger partial charge in [-0.1, -0.05) is 30.3 Å². The lowest BCUT2D eigenvalue weighted by molar-refractivity contribution is -0.125. The van der Waals surface area contributed by atoms with E-state index in [-0.39, 0.29) is 5.91 Å². The SMILES string of the molecule is CCOc1ccc(/C=C/C(=O)N(C)Cc2ccccc2C)cc1OC. The number of hydrogen-bond donors (Lipinski definition) is 0. The molecule has 0 aliphatic heterocycles. The van der Waals surface area contributed by atoms with Crippen molar-refractivity contribution >= 4 is 12.0 Å². The molecule has 0 fully saturated rings. The molecule has 0 saturated heterocycles. The van der Waals surface area contributed by atoms with Crippen molar-refractivity contribution in [3.05, 3.63) is 65.2 Å². The molecule has 0 aliphatic carbocycles. The molecule has 0 atom stereocenters. The fraction of sp³-hybridized carbons (Fsp3) is 0.286. The summed E-state index contributed by atoms with van der Waals surface area (Å²) in [5, 5.41) is 0. The molecule has 25 heavy (non-hydrogen) atoms. The number of carbonyl (C=O) groups is 1. The van der Waals surface area contributed by atoms with Crippen molar-refractivity contribution in [1.29, 1.82) is 0 Å². The Balaban J connectivity index is 2.05. The van der Waals surface area contributed by atoms with E-state index in [0.29, 0.717) is 24.7 Å². The van der Waals surface area contributed by atoms with Crippen LogP contribution < -0.4 is 9.47 Å². The summed E-state index contributed by atoms with van der Waals surface area (Å²) in [7, 11) is 3.41. The lowest BCUT2D eigenvalue weighted by Crippen LogP contribution is -2.24. The third-order valence-electron chi connectivity index (χ3n) is 3.95. The van der Waals surface area contributed by atoms with E-state index in [2.05, 4.69) is 13.0 Å². The molecule has 0 aliphatic rings. The zero-order valence-electron chi connectivity index (χ0n) is 15.3. The van der Waals surface area contributed by atoms with Crippen LogP contribution in [-0.4, -0.2) is 31.6 Å². The van der Waals surface area contributed by atoms with Crippen LogP contribution in [0.3, 0.4) is 0 Å². The minimum atomic E-state index is -0.0453. The Hall–Kier alpha value is -2.75. The second-order valence-corrected chi connectivity index (χ2v) is 5.80. The normalized spacial score (nSPS) is 10.7. The highest BCUT2D eigenvalue weighted by Crippen LogP contribution is 2.28. The Bertz CT molecular complexity index is 753. The Morgan fingerprint density at radius 3 is 2.60 bits per heavy atom. The Kier molecular flexibility index (Phi) is 6.63. The van der Waals surface area contributed by atoms with E-state index in [0.717, 1.165) is 11.1 Å². The topological polar surface area (TPSA) is 38.8 Å². The monoisotopic (exact) mass is 339 g/mol. The molecule has 0 radical (unpaired) electrons. The zero-order chi connectivity index (χ0) is 18.2. The Morgan fingerprint density at radius 1 is 1.16 bits per heavy atom. The minimum Gasteiger partial charge on any atom is -0.493 e. The summed E-state index contributed by atoms with van der Waals surface area (Å²) in [6.07, 6.45) is 3.36. The summed E-state index contributed by atoms with van der Waals surface area (Å²) in [6.45, 7) is 5.14. The number of carbonyl (C=O) groups excluding carboxylic acids is 1. The van der Waals surface area contributed by atoms with E-state index in [1.807, 2.05) is 43.3 Å². The maximum Gasteiger partial charge on any atom is 0.246 e. The minimum absolute atomic E-state index is 0.0453. The van der Waals surface area contributed by atoms with E-state index in [4.69, 9.17) is 9.47 Å². The predicted molar refractivity (Wildman–Crippen MR) is 101 cm³/mol. The maximum absolute atomic E-state index is 12.3. The van der Waals surface area contributed by atoms with Crippen LogP contribution in [0.4, 0.5) is 0 Å².